The van der Waals surface area contributed by atoms with E-state index in [-0.39, 0.29) is 22.7 Å². The number of benzene rings is 1. The number of rotatable bonds is 4. The average Bonchev–Trinajstić information content (AvgIpc) is 3.58. The number of hydrogen-bond donors (Lipinski definition) is 1. The molecule has 4 aromatic heterocycles. The molecule has 1 saturated heterocycles. The van der Waals surface area contributed by atoms with Crippen LogP contribution in [0.4, 0.5) is 5.88 Å². The molecule has 1 aliphatic rings. The average molecular weight is 442 g/mol. The molecule has 0 radical (unpaired) electrons. The maximum absolute atomic E-state index is 12.5. The van der Waals surface area contributed by atoms with Crippen molar-refractivity contribution in [2.45, 2.75) is 6.54 Å². The van der Waals surface area contributed by atoms with Crippen LogP contribution in [0.25, 0.3) is 33.7 Å². The van der Waals surface area contributed by atoms with Gasteiger partial charge in [0.25, 0.3) is 11.4 Å². The van der Waals surface area contributed by atoms with Gasteiger partial charge in [0.05, 0.1) is 12.8 Å². The van der Waals surface area contributed by atoms with E-state index in [2.05, 4.69) is 25.9 Å². The third kappa shape index (κ3) is 3.35. The van der Waals surface area contributed by atoms with Crippen molar-refractivity contribution < 1.29 is 13.3 Å². The predicted octanol–water partition coefficient (Wildman–Crippen LogP) is 3.11. The third-order valence-corrected chi connectivity index (χ3v) is 5.76. The van der Waals surface area contributed by atoms with Gasteiger partial charge in [-0.05, 0) is 24.3 Å². The maximum Gasteiger partial charge on any atom is 0.294 e. The zero-order valence-electron chi connectivity index (χ0n) is 17.4. The van der Waals surface area contributed by atoms with Gasteiger partial charge in [-0.15, -0.1) is 0 Å². The third-order valence-electron chi connectivity index (χ3n) is 5.76. The number of fused-ring (bicyclic) bond motifs is 3. The molecular formula is C23H18N6O4. The topological polar surface area (TPSA) is 128 Å². The maximum atomic E-state index is 12.5. The number of aromatic amines is 1. The van der Waals surface area contributed by atoms with Gasteiger partial charge in [0, 0.05) is 31.6 Å². The first kappa shape index (κ1) is 19.3. The van der Waals surface area contributed by atoms with Crippen LogP contribution in [0.3, 0.4) is 0 Å². The van der Waals surface area contributed by atoms with Gasteiger partial charge in [-0.2, -0.15) is 10.2 Å². The molecule has 33 heavy (non-hydrogen) atoms. The lowest BCUT2D eigenvalue weighted by molar-refractivity contribution is 0.240. The van der Waals surface area contributed by atoms with Crippen LogP contribution in [-0.4, -0.2) is 46.0 Å². The number of oxazole rings is 1. The van der Waals surface area contributed by atoms with Crippen LogP contribution in [0.2, 0.25) is 0 Å². The molecule has 1 aliphatic heterocycles. The lowest BCUT2D eigenvalue weighted by Gasteiger charge is -2.34. The Labute approximate surface area is 186 Å². The van der Waals surface area contributed by atoms with E-state index < -0.39 is 0 Å². The lowest BCUT2D eigenvalue weighted by Crippen LogP contribution is -2.46. The number of anilines is 1. The Bertz CT molecular complexity index is 1550. The highest BCUT2D eigenvalue weighted by Gasteiger charge is 2.26. The lowest BCUT2D eigenvalue weighted by atomic mass is 10.2. The minimum atomic E-state index is -0.282. The van der Waals surface area contributed by atoms with E-state index in [0.717, 1.165) is 5.39 Å². The zero-order chi connectivity index (χ0) is 22.4. The van der Waals surface area contributed by atoms with Crippen molar-refractivity contribution in [2.75, 3.05) is 31.1 Å². The highest BCUT2D eigenvalue weighted by Crippen LogP contribution is 2.29. The quantitative estimate of drug-likeness (QED) is 0.446. The molecule has 1 N–H and O–H groups in total. The summed E-state index contributed by atoms with van der Waals surface area (Å²) in [6.07, 6.45) is 1.53. The van der Waals surface area contributed by atoms with Crippen LogP contribution in [0.15, 0.2) is 60.7 Å². The van der Waals surface area contributed by atoms with Gasteiger partial charge in [-0.25, -0.2) is 4.98 Å². The van der Waals surface area contributed by atoms with E-state index in [1.807, 2.05) is 29.2 Å². The van der Waals surface area contributed by atoms with Crippen LogP contribution in [0.5, 0.6) is 0 Å². The van der Waals surface area contributed by atoms with Crippen molar-refractivity contribution >= 4 is 28.0 Å². The van der Waals surface area contributed by atoms with Crippen LogP contribution < -0.4 is 10.5 Å². The first-order valence-electron chi connectivity index (χ1n) is 10.5. The molecule has 0 saturated carbocycles. The van der Waals surface area contributed by atoms with E-state index in [1.54, 1.807) is 12.1 Å². The molecule has 0 bridgehead atoms. The summed E-state index contributed by atoms with van der Waals surface area (Å²) in [5.74, 6) is 1.80. The molecule has 0 amide bonds. The van der Waals surface area contributed by atoms with Crippen molar-refractivity contribution in [2.24, 2.45) is 0 Å². The van der Waals surface area contributed by atoms with Gasteiger partial charge in [0.2, 0.25) is 17.2 Å². The number of H-pyrrole nitrogens is 1. The second kappa shape index (κ2) is 7.65. The number of aromatic nitrogens is 3. The Morgan fingerprint density at radius 1 is 1.06 bits per heavy atom. The summed E-state index contributed by atoms with van der Waals surface area (Å²) in [7, 11) is 0. The molecule has 10 nitrogen and oxygen atoms in total. The first-order chi connectivity index (χ1) is 16.2. The van der Waals surface area contributed by atoms with Crippen molar-refractivity contribution in [3.63, 3.8) is 0 Å². The summed E-state index contributed by atoms with van der Waals surface area (Å²) in [6.45, 7) is 3.19. The molecule has 164 valence electrons. The Balaban J connectivity index is 1.20. The Morgan fingerprint density at radius 3 is 2.70 bits per heavy atom. The van der Waals surface area contributed by atoms with Gasteiger partial charge in [0.15, 0.2) is 5.76 Å². The largest absolute Gasteiger partial charge is 0.459 e. The summed E-state index contributed by atoms with van der Waals surface area (Å²) >= 11 is 0. The number of furan rings is 2. The highest BCUT2D eigenvalue weighted by molar-refractivity contribution is 6.01. The van der Waals surface area contributed by atoms with Crippen molar-refractivity contribution in [3.8, 4) is 17.7 Å². The zero-order valence-corrected chi connectivity index (χ0v) is 17.4. The Kier molecular flexibility index (Phi) is 4.48. The molecule has 5 heterocycles. The number of nitriles is 1. The van der Waals surface area contributed by atoms with E-state index in [1.165, 1.54) is 6.26 Å². The molecule has 0 spiro atoms. The van der Waals surface area contributed by atoms with Crippen LogP contribution in [-0.2, 0) is 6.54 Å². The second-order valence-corrected chi connectivity index (χ2v) is 7.81. The summed E-state index contributed by atoms with van der Waals surface area (Å²) in [5.41, 5.74) is 1.42. The fourth-order valence-corrected chi connectivity index (χ4v) is 4.15. The molecule has 10 heteroatoms. The summed E-state index contributed by atoms with van der Waals surface area (Å²) < 4.78 is 16.8. The van der Waals surface area contributed by atoms with Gasteiger partial charge < -0.3 is 23.1 Å². The van der Waals surface area contributed by atoms with Crippen LogP contribution in [0.1, 0.15) is 11.5 Å². The fraction of sp³-hybridized carbons (Fsp3) is 0.217. The molecule has 6 rings (SSSR count). The number of hydrogen-bond acceptors (Lipinski definition) is 9. The molecule has 0 aliphatic carbocycles. The summed E-state index contributed by atoms with van der Waals surface area (Å²) in [4.78, 5) is 28.5. The summed E-state index contributed by atoms with van der Waals surface area (Å²) in [5, 5.41) is 10.3. The Morgan fingerprint density at radius 2 is 1.91 bits per heavy atom. The molecule has 0 unspecified atom stereocenters. The molecule has 0 atom stereocenters. The van der Waals surface area contributed by atoms with Gasteiger partial charge in [-0.1, -0.05) is 12.1 Å². The first-order valence-corrected chi connectivity index (χ1v) is 10.5. The minimum Gasteiger partial charge on any atom is -0.459 e. The molecule has 5 aromatic rings. The SMILES string of the molecule is N#Cc1nc(-c2ccco2)oc1N1CCN(Cc2nc3c(oc4ccccc43)c(=O)[nH]2)CC1. The van der Waals surface area contributed by atoms with Crippen LogP contribution in [0, 0.1) is 11.3 Å². The minimum absolute atomic E-state index is 0.234. The number of piperazine rings is 1. The standard InChI is InChI=1S/C23H18N6O4/c24-12-15-23(33-22(25-15)17-6-3-11-31-17)29-9-7-28(8-10-29)13-18-26-19-14-4-1-2-5-16(14)32-20(19)21(30)27-18/h1-6,11H,7-10,13H2,(H,26,27,30). The Hall–Kier alpha value is -4.36. The summed E-state index contributed by atoms with van der Waals surface area (Å²) in [6, 6.07) is 13.1. The molecule has 1 aromatic carbocycles. The molecular weight excluding hydrogens is 424 g/mol. The number of para-hydroxylation sites is 1. The highest BCUT2D eigenvalue weighted by atomic mass is 16.4. The van der Waals surface area contributed by atoms with E-state index >= 15 is 0 Å². The fourth-order valence-electron chi connectivity index (χ4n) is 4.15. The monoisotopic (exact) mass is 442 g/mol. The molecule has 1 fully saturated rings. The van der Waals surface area contributed by atoms with Crippen molar-refractivity contribution in [1.29, 1.82) is 5.26 Å². The van der Waals surface area contributed by atoms with Crippen LogP contribution >= 0.6 is 0 Å². The predicted molar refractivity (Wildman–Crippen MR) is 119 cm³/mol. The van der Waals surface area contributed by atoms with E-state index in [9.17, 15) is 10.1 Å². The number of nitrogens with zero attached hydrogens (tertiary/aromatic N) is 5. The second-order valence-electron chi connectivity index (χ2n) is 7.81. The van der Waals surface area contributed by atoms with Gasteiger partial charge in [-0.3, -0.25) is 9.69 Å². The number of nitrogens with one attached hydrogen (secondary N) is 1. The van der Waals surface area contributed by atoms with E-state index in [0.29, 0.717) is 61.3 Å². The van der Waals surface area contributed by atoms with E-state index in [4.69, 9.17) is 13.3 Å². The van der Waals surface area contributed by atoms with Gasteiger partial charge >= 0.3 is 0 Å². The smallest absolute Gasteiger partial charge is 0.294 e. The van der Waals surface area contributed by atoms with Crippen molar-refractivity contribution in [1.82, 2.24) is 19.9 Å². The van der Waals surface area contributed by atoms with Crippen molar-refractivity contribution in [3.05, 3.63) is 64.5 Å². The normalized spacial score (nSPS) is 14.8. The van der Waals surface area contributed by atoms with Gasteiger partial charge in [0.1, 0.15) is 23.0 Å².